The number of imide groups is 1. The molecule has 0 atom stereocenters. The molecule has 1 heterocycles. The van der Waals surface area contributed by atoms with Crippen molar-refractivity contribution in [3.8, 4) is 23.3 Å². The van der Waals surface area contributed by atoms with Crippen LogP contribution in [0, 0.1) is 0 Å². The van der Waals surface area contributed by atoms with Crippen LogP contribution in [0.25, 0.3) is 10.8 Å². The fourth-order valence-electron chi connectivity index (χ4n) is 3.23. The minimum Gasteiger partial charge on any atom is -0.480 e. The first kappa shape index (κ1) is 24.2. The average Bonchev–Trinajstić information content (AvgIpc) is 2.85. The van der Waals surface area contributed by atoms with Gasteiger partial charge in [-0.25, -0.2) is 14.8 Å². The lowest BCUT2D eigenvalue weighted by Gasteiger charge is -2.12. The Morgan fingerprint density at radius 2 is 1.60 bits per heavy atom. The number of methoxy groups -OCH3 is 2. The molecular formula is C24H18BrClN4O5. The number of fused-ring (bicyclic) bond motifs is 1. The Morgan fingerprint density at radius 3 is 2.29 bits per heavy atom. The van der Waals surface area contributed by atoms with E-state index in [4.69, 9.17) is 25.8 Å². The van der Waals surface area contributed by atoms with Gasteiger partial charge in [0, 0.05) is 10.2 Å². The fraction of sp³-hybridized carbons (Fsp3) is 0.0833. The number of aromatic nitrogens is 2. The van der Waals surface area contributed by atoms with Crippen LogP contribution < -0.4 is 24.8 Å². The van der Waals surface area contributed by atoms with E-state index in [2.05, 4.69) is 36.5 Å². The number of hydrogen-bond donors (Lipinski definition) is 2. The first-order chi connectivity index (χ1) is 16.9. The van der Waals surface area contributed by atoms with E-state index >= 15 is 0 Å². The summed E-state index contributed by atoms with van der Waals surface area (Å²) in [5.74, 6) is 0.145. The topological polar surface area (TPSA) is 112 Å². The van der Waals surface area contributed by atoms with E-state index < -0.39 is 11.9 Å². The first-order valence-corrected chi connectivity index (χ1v) is 11.3. The lowest BCUT2D eigenvalue weighted by Crippen LogP contribution is -2.35. The molecule has 3 aromatic carbocycles. The molecule has 4 rings (SSSR count). The van der Waals surface area contributed by atoms with Gasteiger partial charge in [0.25, 0.3) is 5.91 Å². The van der Waals surface area contributed by atoms with E-state index in [0.29, 0.717) is 17.2 Å². The summed E-state index contributed by atoms with van der Waals surface area (Å²) in [5, 5.41) is 7.07. The average molecular weight is 558 g/mol. The van der Waals surface area contributed by atoms with Gasteiger partial charge >= 0.3 is 6.03 Å². The minimum atomic E-state index is -0.800. The van der Waals surface area contributed by atoms with Crippen molar-refractivity contribution in [3.63, 3.8) is 0 Å². The third kappa shape index (κ3) is 5.61. The van der Waals surface area contributed by atoms with Crippen molar-refractivity contribution in [1.29, 1.82) is 0 Å². The van der Waals surface area contributed by atoms with Crippen LogP contribution >= 0.6 is 27.5 Å². The highest BCUT2D eigenvalue weighted by atomic mass is 79.9. The van der Waals surface area contributed by atoms with Gasteiger partial charge in [-0.2, -0.15) is 0 Å². The molecule has 3 amide bonds. The molecule has 1 aromatic heterocycles. The lowest BCUT2D eigenvalue weighted by molar-refractivity contribution is 0.0959. The molecule has 0 radical (unpaired) electrons. The molecule has 178 valence electrons. The van der Waals surface area contributed by atoms with E-state index in [1.54, 1.807) is 12.1 Å². The third-order valence-corrected chi connectivity index (χ3v) is 5.60. The van der Waals surface area contributed by atoms with Crippen LogP contribution in [0.1, 0.15) is 10.4 Å². The Balaban J connectivity index is 1.44. The van der Waals surface area contributed by atoms with E-state index in [-0.39, 0.29) is 22.3 Å². The number of carbonyl (C=O) groups excluding carboxylic acids is 2. The van der Waals surface area contributed by atoms with E-state index in [1.165, 1.54) is 26.6 Å². The highest BCUT2D eigenvalue weighted by Gasteiger charge is 2.23. The van der Waals surface area contributed by atoms with Gasteiger partial charge in [0.15, 0.2) is 5.56 Å². The molecule has 2 N–H and O–H groups in total. The molecule has 0 fully saturated rings. The van der Waals surface area contributed by atoms with Crippen LogP contribution in [0.5, 0.6) is 23.3 Å². The van der Waals surface area contributed by atoms with Crippen LogP contribution in [0.15, 0.2) is 65.4 Å². The van der Waals surface area contributed by atoms with Crippen molar-refractivity contribution >= 4 is 55.9 Å². The standard InChI is InChI=1S/C24H18BrClN4O5/c1-33-22-20(23(34-2)28-12-27-22)21(31)30-24(32)29-16-6-8-19(18(26)11-16)35-17-7-4-13-9-15(25)5-3-14(13)10-17/h3-12H,1-2H3,(H2,29,30,31,32). The number of hydrogen-bond acceptors (Lipinski definition) is 7. The highest BCUT2D eigenvalue weighted by Crippen LogP contribution is 2.33. The number of urea groups is 1. The maximum Gasteiger partial charge on any atom is 0.326 e. The number of carbonyl (C=O) groups is 2. The molecule has 0 aliphatic rings. The van der Waals surface area contributed by atoms with Gasteiger partial charge in [-0.1, -0.05) is 39.7 Å². The predicted molar refractivity (Wildman–Crippen MR) is 135 cm³/mol. The van der Waals surface area contributed by atoms with Gasteiger partial charge in [-0.05, 0) is 53.2 Å². The smallest absolute Gasteiger partial charge is 0.326 e. The number of anilines is 1. The van der Waals surface area contributed by atoms with Crippen molar-refractivity contribution in [2.45, 2.75) is 0 Å². The van der Waals surface area contributed by atoms with Gasteiger partial charge in [0.05, 0.1) is 19.2 Å². The number of rotatable bonds is 6. The fourth-order valence-corrected chi connectivity index (χ4v) is 3.83. The Kier molecular flexibility index (Phi) is 7.33. The Hall–Kier alpha value is -3.89. The zero-order chi connectivity index (χ0) is 24.9. The van der Waals surface area contributed by atoms with E-state index in [1.807, 2.05) is 36.4 Å². The highest BCUT2D eigenvalue weighted by molar-refractivity contribution is 9.10. The third-order valence-electron chi connectivity index (χ3n) is 4.81. The van der Waals surface area contributed by atoms with E-state index in [0.717, 1.165) is 15.2 Å². The van der Waals surface area contributed by atoms with Gasteiger partial charge in [-0.15, -0.1) is 0 Å². The van der Waals surface area contributed by atoms with E-state index in [9.17, 15) is 9.59 Å². The number of amides is 3. The van der Waals surface area contributed by atoms with Crippen molar-refractivity contribution in [1.82, 2.24) is 15.3 Å². The Labute approximate surface area is 213 Å². The number of nitrogens with zero attached hydrogens (tertiary/aromatic N) is 2. The van der Waals surface area contributed by atoms with Crippen LogP contribution in [0.2, 0.25) is 5.02 Å². The zero-order valence-corrected chi connectivity index (χ0v) is 20.8. The van der Waals surface area contributed by atoms with Crippen LogP contribution in [-0.2, 0) is 0 Å². The van der Waals surface area contributed by atoms with Crippen LogP contribution in [0.4, 0.5) is 10.5 Å². The van der Waals surface area contributed by atoms with Crippen molar-refractivity contribution in [2.24, 2.45) is 0 Å². The Morgan fingerprint density at radius 1 is 0.914 bits per heavy atom. The minimum absolute atomic E-state index is 0.0342. The van der Waals surface area contributed by atoms with Crippen LogP contribution in [0.3, 0.4) is 0 Å². The molecule has 0 unspecified atom stereocenters. The maximum atomic E-state index is 12.6. The number of nitrogens with one attached hydrogen (secondary N) is 2. The summed E-state index contributed by atoms with van der Waals surface area (Å²) in [6.07, 6.45) is 1.18. The molecule has 0 bridgehead atoms. The van der Waals surface area contributed by atoms with Crippen molar-refractivity contribution in [2.75, 3.05) is 19.5 Å². The van der Waals surface area contributed by atoms with Gasteiger partial charge < -0.3 is 19.5 Å². The summed E-state index contributed by atoms with van der Waals surface area (Å²) >= 11 is 9.82. The van der Waals surface area contributed by atoms with Gasteiger partial charge in [0.1, 0.15) is 17.8 Å². The summed E-state index contributed by atoms with van der Waals surface area (Å²) in [6.45, 7) is 0. The molecule has 35 heavy (non-hydrogen) atoms. The molecule has 0 saturated carbocycles. The molecule has 0 saturated heterocycles. The quantitative estimate of drug-likeness (QED) is 0.307. The summed E-state index contributed by atoms with van der Waals surface area (Å²) in [7, 11) is 2.67. The normalized spacial score (nSPS) is 10.5. The molecular weight excluding hydrogens is 540 g/mol. The predicted octanol–water partition coefficient (Wildman–Crippen LogP) is 5.82. The lowest BCUT2D eigenvalue weighted by atomic mass is 10.1. The summed E-state index contributed by atoms with van der Waals surface area (Å²) < 4.78 is 17.0. The SMILES string of the molecule is COc1ncnc(OC)c1C(=O)NC(=O)Nc1ccc(Oc2ccc3cc(Br)ccc3c2)c(Cl)c1. The van der Waals surface area contributed by atoms with Crippen molar-refractivity contribution in [3.05, 3.63) is 76.0 Å². The maximum absolute atomic E-state index is 12.6. The van der Waals surface area contributed by atoms with Gasteiger partial charge in [0.2, 0.25) is 11.8 Å². The number of halogens is 2. The summed E-state index contributed by atoms with van der Waals surface area (Å²) in [5.41, 5.74) is 0.233. The van der Waals surface area contributed by atoms with Crippen molar-refractivity contribution < 1.29 is 23.8 Å². The molecule has 11 heteroatoms. The molecule has 4 aromatic rings. The Bertz CT molecular complexity index is 1410. The largest absolute Gasteiger partial charge is 0.480 e. The number of ether oxygens (including phenoxy) is 3. The first-order valence-electron chi connectivity index (χ1n) is 10.1. The molecule has 0 aliphatic carbocycles. The molecule has 9 nitrogen and oxygen atoms in total. The second kappa shape index (κ2) is 10.6. The van der Waals surface area contributed by atoms with Crippen LogP contribution in [-0.4, -0.2) is 36.1 Å². The summed E-state index contributed by atoms with van der Waals surface area (Å²) in [4.78, 5) is 32.7. The monoisotopic (exact) mass is 556 g/mol. The zero-order valence-electron chi connectivity index (χ0n) is 18.5. The second-order valence-corrected chi connectivity index (χ2v) is 8.40. The molecule has 0 spiro atoms. The summed E-state index contributed by atoms with van der Waals surface area (Å²) in [6, 6.07) is 15.5. The molecule has 0 aliphatic heterocycles. The van der Waals surface area contributed by atoms with Gasteiger partial charge in [-0.3, -0.25) is 10.1 Å². The number of benzene rings is 3. The second-order valence-electron chi connectivity index (χ2n) is 7.08.